The number of carbonyl (C=O) groups excluding carboxylic acids is 1. The molecule has 4 aromatic heterocycles. The predicted molar refractivity (Wildman–Crippen MR) is 90.2 cm³/mol. The molecule has 0 saturated carbocycles. The standard InChI is InChI=1S/C17H15N7O/c1-12(16-22-21-14-4-2-3-8-24(14)16)20-17(25)13-5-6-19-15(10-13)23-9-7-18-11-23/h2-12H,1H3,(H,20,25)/t12-/m0/s1. The molecule has 4 rings (SSSR count). The SMILES string of the molecule is C[C@H](NC(=O)c1ccnc(-n2ccnc2)c1)c1nnc2ccccn12. The van der Waals surface area contributed by atoms with E-state index >= 15 is 0 Å². The average Bonchev–Trinajstić information content (AvgIpc) is 3.31. The summed E-state index contributed by atoms with van der Waals surface area (Å²) >= 11 is 0. The zero-order valence-corrected chi connectivity index (χ0v) is 13.4. The fraction of sp³-hybridized carbons (Fsp3) is 0.118. The summed E-state index contributed by atoms with van der Waals surface area (Å²) in [6.45, 7) is 1.87. The van der Waals surface area contributed by atoms with Crippen LogP contribution in [0.1, 0.15) is 29.1 Å². The van der Waals surface area contributed by atoms with E-state index < -0.39 is 0 Å². The zero-order chi connectivity index (χ0) is 17.2. The van der Waals surface area contributed by atoms with Crippen LogP contribution in [0.3, 0.4) is 0 Å². The first kappa shape index (κ1) is 15.0. The van der Waals surface area contributed by atoms with E-state index in [1.54, 1.807) is 41.6 Å². The van der Waals surface area contributed by atoms with E-state index in [0.717, 1.165) is 5.65 Å². The number of amides is 1. The van der Waals surface area contributed by atoms with Gasteiger partial charge >= 0.3 is 0 Å². The Hall–Kier alpha value is -3.55. The van der Waals surface area contributed by atoms with Crippen molar-refractivity contribution in [3.63, 3.8) is 0 Å². The average molecular weight is 333 g/mol. The highest BCUT2D eigenvalue weighted by atomic mass is 16.1. The molecule has 0 radical (unpaired) electrons. The zero-order valence-electron chi connectivity index (χ0n) is 13.4. The molecule has 0 unspecified atom stereocenters. The number of nitrogens with zero attached hydrogens (tertiary/aromatic N) is 6. The van der Waals surface area contributed by atoms with Crippen LogP contribution in [0, 0.1) is 0 Å². The predicted octanol–water partition coefficient (Wildman–Crippen LogP) is 1.80. The van der Waals surface area contributed by atoms with Crippen LogP contribution < -0.4 is 5.32 Å². The molecule has 0 aliphatic carbocycles. The van der Waals surface area contributed by atoms with Crippen LogP contribution in [0.4, 0.5) is 0 Å². The third-order valence-corrected chi connectivity index (χ3v) is 3.85. The highest BCUT2D eigenvalue weighted by Gasteiger charge is 2.17. The fourth-order valence-corrected chi connectivity index (χ4v) is 2.60. The van der Waals surface area contributed by atoms with Gasteiger partial charge in [-0.15, -0.1) is 10.2 Å². The molecule has 0 spiro atoms. The van der Waals surface area contributed by atoms with E-state index in [4.69, 9.17) is 0 Å². The van der Waals surface area contributed by atoms with Crippen LogP contribution in [-0.4, -0.2) is 35.0 Å². The van der Waals surface area contributed by atoms with Gasteiger partial charge in [0.1, 0.15) is 12.1 Å². The first-order valence-corrected chi connectivity index (χ1v) is 7.77. The van der Waals surface area contributed by atoms with Gasteiger partial charge in [-0.2, -0.15) is 0 Å². The molecule has 0 bridgehead atoms. The molecule has 25 heavy (non-hydrogen) atoms. The van der Waals surface area contributed by atoms with Crippen LogP contribution in [0.2, 0.25) is 0 Å². The van der Waals surface area contributed by atoms with E-state index in [1.807, 2.05) is 35.7 Å². The second-order valence-corrected chi connectivity index (χ2v) is 5.55. The van der Waals surface area contributed by atoms with E-state index in [-0.39, 0.29) is 11.9 Å². The van der Waals surface area contributed by atoms with E-state index in [1.165, 1.54) is 0 Å². The Morgan fingerprint density at radius 2 is 2.08 bits per heavy atom. The van der Waals surface area contributed by atoms with Crippen molar-refractivity contribution in [2.75, 3.05) is 0 Å². The van der Waals surface area contributed by atoms with E-state index in [0.29, 0.717) is 17.2 Å². The van der Waals surface area contributed by atoms with Gasteiger partial charge in [-0.3, -0.25) is 13.8 Å². The number of fused-ring (bicyclic) bond motifs is 1. The molecule has 0 aromatic carbocycles. The maximum atomic E-state index is 12.6. The molecule has 8 heteroatoms. The van der Waals surface area contributed by atoms with Gasteiger partial charge in [-0.25, -0.2) is 9.97 Å². The minimum absolute atomic E-state index is 0.205. The van der Waals surface area contributed by atoms with Crippen LogP contribution in [0.25, 0.3) is 11.5 Å². The quantitative estimate of drug-likeness (QED) is 0.615. The summed E-state index contributed by atoms with van der Waals surface area (Å²) in [7, 11) is 0. The van der Waals surface area contributed by atoms with Crippen molar-refractivity contribution in [3.8, 4) is 5.82 Å². The third kappa shape index (κ3) is 2.85. The summed E-state index contributed by atoms with van der Waals surface area (Å²) < 4.78 is 3.60. The molecule has 1 atom stereocenters. The monoisotopic (exact) mass is 333 g/mol. The second kappa shape index (κ2) is 6.16. The van der Waals surface area contributed by atoms with Crippen molar-refractivity contribution in [3.05, 3.63) is 72.8 Å². The van der Waals surface area contributed by atoms with Gasteiger partial charge in [0.15, 0.2) is 11.5 Å². The molecule has 1 amide bonds. The molecule has 0 aliphatic rings. The number of imidazole rings is 1. The van der Waals surface area contributed by atoms with Gasteiger partial charge in [0.2, 0.25) is 0 Å². The molecular formula is C17H15N7O. The molecule has 8 nitrogen and oxygen atoms in total. The van der Waals surface area contributed by atoms with E-state index in [2.05, 4.69) is 25.5 Å². The van der Waals surface area contributed by atoms with Crippen LogP contribution in [0.15, 0.2) is 61.4 Å². The lowest BCUT2D eigenvalue weighted by molar-refractivity contribution is 0.0938. The summed E-state index contributed by atoms with van der Waals surface area (Å²) in [5, 5.41) is 11.2. The molecule has 4 heterocycles. The second-order valence-electron chi connectivity index (χ2n) is 5.55. The molecule has 124 valence electrons. The first-order valence-electron chi connectivity index (χ1n) is 7.77. The highest BCUT2D eigenvalue weighted by Crippen LogP contribution is 2.13. The summed E-state index contributed by atoms with van der Waals surface area (Å²) in [6, 6.07) is 8.75. The van der Waals surface area contributed by atoms with Crippen molar-refractivity contribution in [1.82, 2.24) is 34.4 Å². The lowest BCUT2D eigenvalue weighted by Gasteiger charge is -2.13. The Morgan fingerprint density at radius 3 is 2.92 bits per heavy atom. The van der Waals surface area contributed by atoms with Gasteiger partial charge in [-0.1, -0.05) is 6.07 Å². The number of pyridine rings is 2. The number of rotatable bonds is 4. The molecule has 0 aliphatic heterocycles. The minimum Gasteiger partial charge on any atom is -0.342 e. The first-order chi connectivity index (χ1) is 12.2. The van der Waals surface area contributed by atoms with Crippen LogP contribution in [0.5, 0.6) is 0 Å². The van der Waals surface area contributed by atoms with Gasteiger partial charge in [0.25, 0.3) is 5.91 Å². The molecule has 4 aromatic rings. The highest BCUT2D eigenvalue weighted by molar-refractivity contribution is 5.94. The van der Waals surface area contributed by atoms with Gasteiger partial charge in [0.05, 0.1) is 6.04 Å². The number of hydrogen-bond acceptors (Lipinski definition) is 5. The molecular weight excluding hydrogens is 318 g/mol. The maximum absolute atomic E-state index is 12.6. The Kier molecular flexibility index (Phi) is 3.70. The van der Waals surface area contributed by atoms with Crippen molar-refractivity contribution < 1.29 is 4.79 Å². The third-order valence-electron chi connectivity index (χ3n) is 3.85. The molecule has 1 N–H and O–H groups in total. The topological polar surface area (TPSA) is 90.0 Å². The number of carbonyl (C=O) groups is 1. The summed E-state index contributed by atoms with van der Waals surface area (Å²) in [5.74, 6) is 1.10. The lowest BCUT2D eigenvalue weighted by Crippen LogP contribution is -2.28. The fourth-order valence-electron chi connectivity index (χ4n) is 2.60. The summed E-state index contributed by atoms with van der Waals surface area (Å²) in [6.07, 6.45) is 8.54. The largest absolute Gasteiger partial charge is 0.342 e. The van der Waals surface area contributed by atoms with Gasteiger partial charge in [0, 0.05) is 30.4 Å². The Labute approximate surface area is 143 Å². The lowest BCUT2D eigenvalue weighted by atomic mass is 10.2. The smallest absolute Gasteiger partial charge is 0.252 e. The summed E-state index contributed by atoms with van der Waals surface area (Å²) in [5.41, 5.74) is 1.25. The number of aromatic nitrogens is 6. The maximum Gasteiger partial charge on any atom is 0.252 e. The number of hydrogen-bond donors (Lipinski definition) is 1. The Balaban J connectivity index is 1.57. The van der Waals surface area contributed by atoms with Gasteiger partial charge < -0.3 is 5.32 Å². The van der Waals surface area contributed by atoms with Crippen molar-refractivity contribution in [2.24, 2.45) is 0 Å². The number of nitrogens with one attached hydrogen (secondary N) is 1. The van der Waals surface area contributed by atoms with Crippen LogP contribution >= 0.6 is 0 Å². The summed E-state index contributed by atoms with van der Waals surface area (Å²) in [4.78, 5) is 20.8. The van der Waals surface area contributed by atoms with Crippen molar-refractivity contribution in [1.29, 1.82) is 0 Å². The Bertz CT molecular complexity index is 1020. The molecule has 0 fully saturated rings. The van der Waals surface area contributed by atoms with E-state index in [9.17, 15) is 4.79 Å². The minimum atomic E-state index is -0.297. The van der Waals surface area contributed by atoms with Crippen molar-refractivity contribution in [2.45, 2.75) is 13.0 Å². The Morgan fingerprint density at radius 1 is 1.16 bits per heavy atom. The van der Waals surface area contributed by atoms with Gasteiger partial charge in [-0.05, 0) is 31.2 Å². The normalized spacial score (nSPS) is 12.2. The molecule has 0 saturated heterocycles. The van der Waals surface area contributed by atoms with Crippen LogP contribution in [-0.2, 0) is 0 Å². The van der Waals surface area contributed by atoms with Crippen molar-refractivity contribution >= 4 is 11.6 Å².